The maximum absolute atomic E-state index is 14.3. The highest BCUT2D eigenvalue weighted by Crippen LogP contribution is 2.34. The number of rotatable bonds is 7. The van der Waals surface area contributed by atoms with Gasteiger partial charge in [0, 0.05) is 37.9 Å². The van der Waals surface area contributed by atoms with Gasteiger partial charge in [0.05, 0.1) is 35.2 Å². The zero-order valence-electron chi connectivity index (χ0n) is 26.9. The van der Waals surface area contributed by atoms with Crippen LogP contribution in [-0.4, -0.2) is 85.4 Å². The van der Waals surface area contributed by atoms with Gasteiger partial charge in [0.25, 0.3) is 11.5 Å². The van der Waals surface area contributed by atoms with Crippen LogP contribution in [0.1, 0.15) is 46.5 Å². The van der Waals surface area contributed by atoms with Crippen LogP contribution in [0.3, 0.4) is 0 Å². The number of pyridine rings is 1. The molecule has 5 heterocycles. The minimum Gasteiger partial charge on any atom is -0.503 e. The summed E-state index contributed by atoms with van der Waals surface area (Å²) >= 11 is 6.09. The number of hydrogen-bond donors (Lipinski definition) is 2. The number of carbonyl (C=O) groups is 2. The summed E-state index contributed by atoms with van der Waals surface area (Å²) in [6, 6.07) is 2.58. The van der Waals surface area contributed by atoms with Crippen LogP contribution in [0.25, 0.3) is 11.4 Å². The van der Waals surface area contributed by atoms with Gasteiger partial charge in [-0.2, -0.15) is 22.7 Å². The van der Waals surface area contributed by atoms with Crippen LogP contribution in [0.4, 0.5) is 28.9 Å². The van der Waals surface area contributed by atoms with E-state index in [2.05, 4.69) is 20.4 Å². The zero-order chi connectivity index (χ0) is 35.9. The van der Waals surface area contributed by atoms with Gasteiger partial charge < -0.3 is 29.5 Å². The van der Waals surface area contributed by atoms with Gasteiger partial charge in [0.1, 0.15) is 12.2 Å². The molecular weight excluding hydrogens is 688 g/mol. The van der Waals surface area contributed by atoms with Crippen LogP contribution in [-0.2, 0) is 28.7 Å². The number of piperazine rings is 1. The summed E-state index contributed by atoms with van der Waals surface area (Å²) in [5.41, 5.74) is -0.458. The number of hydrogen-bond acceptors (Lipinski definition) is 9. The molecule has 264 valence electrons. The van der Waals surface area contributed by atoms with Crippen molar-refractivity contribution in [2.45, 2.75) is 39.4 Å². The zero-order valence-corrected chi connectivity index (χ0v) is 27.6. The third-order valence-corrected chi connectivity index (χ3v) is 8.85. The van der Waals surface area contributed by atoms with E-state index in [4.69, 9.17) is 16.3 Å². The third kappa shape index (κ3) is 6.61. The van der Waals surface area contributed by atoms with Gasteiger partial charge in [-0.3, -0.25) is 14.4 Å². The van der Waals surface area contributed by atoms with Crippen LogP contribution in [0.2, 0.25) is 5.02 Å². The molecule has 2 aliphatic heterocycles. The highest BCUT2D eigenvalue weighted by molar-refractivity contribution is 6.33. The average molecular weight is 719 g/mol. The van der Waals surface area contributed by atoms with Crippen LogP contribution in [0, 0.1) is 12.7 Å². The van der Waals surface area contributed by atoms with E-state index in [9.17, 15) is 37.1 Å². The molecule has 2 N–H and O–H groups in total. The SMILES string of the molecule is CCc1c(N2CCN(C(=O)c3ncc(C)c(F)c3O)CC2)c(=O)n2nc(C3=CCOCC3)nc2n1CC(=O)Nc1ccc(C(F)(F)F)cc1Cl. The Morgan fingerprint density at radius 3 is 2.54 bits per heavy atom. The Bertz CT molecular complexity index is 2090. The summed E-state index contributed by atoms with van der Waals surface area (Å²) < 4.78 is 61.8. The lowest BCUT2D eigenvalue weighted by Crippen LogP contribution is -2.51. The maximum Gasteiger partial charge on any atom is 0.416 e. The lowest BCUT2D eigenvalue weighted by Gasteiger charge is -2.36. The first-order valence-electron chi connectivity index (χ1n) is 15.6. The highest BCUT2D eigenvalue weighted by atomic mass is 35.5. The van der Waals surface area contributed by atoms with Crippen LogP contribution in [0.15, 0.2) is 35.3 Å². The number of carbonyl (C=O) groups excluding carboxylic acids is 2. The van der Waals surface area contributed by atoms with E-state index >= 15 is 0 Å². The molecule has 50 heavy (non-hydrogen) atoms. The number of anilines is 2. The van der Waals surface area contributed by atoms with Gasteiger partial charge in [0.15, 0.2) is 23.1 Å². The quantitative estimate of drug-likeness (QED) is 0.270. The van der Waals surface area contributed by atoms with Crippen molar-refractivity contribution in [1.82, 2.24) is 29.0 Å². The third-order valence-electron chi connectivity index (χ3n) is 8.53. The number of alkyl halides is 3. The Kier molecular flexibility index (Phi) is 9.54. The van der Waals surface area contributed by atoms with Crippen molar-refractivity contribution < 1.29 is 37.0 Å². The molecule has 0 saturated carbocycles. The van der Waals surface area contributed by atoms with E-state index in [1.165, 1.54) is 16.4 Å². The second kappa shape index (κ2) is 13.7. The van der Waals surface area contributed by atoms with Gasteiger partial charge in [-0.15, -0.1) is 5.10 Å². The summed E-state index contributed by atoms with van der Waals surface area (Å²) in [5, 5.41) is 17.0. The molecular formula is C32H31ClF4N8O5. The molecule has 13 nitrogen and oxygen atoms in total. The molecule has 6 rings (SSSR count). The molecule has 0 unspecified atom stereocenters. The molecule has 2 amide bonds. The second-order valence-electron chi connectivity index (χ2n) is 11.7. The number of aromatic hydroxyl groups is 1. The Morgan fingerprint density at radius 1 is 1.16 bits per heavy atom. The Balaban J connectivity index is 1.34. The van der Waals surface area contributed by atoms with Crippen LogP contribution < -0.4 is 15.8 Å². The number of ether oxygens (including phenoxy) is 1. The summed E-state index contributed by atoms with van der Waals surface area (Å²) in [6.45, 7) is 4.07. The lowest BCUT2D eigenvalue weighted by molar-refractivity contribution is -0.137. The van der Waals surface area contributed by atoms with Crippen molar-refractivity contribution >= 4 is 46.1 Å². The van der Waals surface area contributed by atoms with Crippen LogP contribution >= 0.6 is 11.6 Å². The minimum atomic E-state index is -4.62. The number of fused-ring (bicyclic) bond motifs is 1. The first kappa shape index (κ1) is 34.8. The normalized spacial score (nSPS) is 15.4. The predicted molar refractivity (Wildman–Crippen MR) is 174 cm³/mol. The van der Waals surface area contributed by atoms with Gasteiger partial charge >= 0.3 is 6.18 Å². The molecule has 0 spiro atoms. The largest absolute Gasteiger partial charge is 0.503 e. The van der Waals surface area contributed by atoms with E-state index in [0.717, 1.165) is 28.4 Å². The molecule has 18 heteroatoms. The van der Waals surface area contributed by atoms with Crippen molar-refractivity contribution in [3.63, 3.8) is 0 Å². The van der Waals surface area contributed by atoms with E-state index in [1.54, 1.807) is 17.9 Å². The van der Waals surface area contributed by atoms with Crippen molar-refractivity contribution in [3.8, 4) is 5.75 Å². The van der Waals surface area contributed by atoms with Gasteiger partial charge in [-0.05, 0) is 43.5 Å². The topological polar surface area (TPSA) is 147 Å². The molecule has 1 saturated heterocycles. The molecule has 4 aromatic rings. The van der Waals surface area contributed by atoms with E-state index in [1.807, 2.05) is 0 Å². The highest BCUT2D eigenvalue weighted by Gasteiger charge is 2.32. The molecule has 0 radical (unpaired) electrons. The number of nitrogens with one attached hydrogen (secondary N) is 1. The van der Waals surface area contributed by atoms with E-state index in [-0.39, 0.29) is 66.2 Å². The smallest absolute Gasteiger partial charge is 0.416 e. The van der Waals surface area contributed by atoms with Gasteiger partial charge in [-0.25, -0.2) is 9.37 Å². The number of benzene rings is 1. The molecule has 0 atom stereocenters. The first-order valence-corrected chi connectivity index (χ1v) is 16.0. The number of aromatic nitrogens is 5. The van der Waals surface area contributed by atoms with E-state index < -0.39 is 52.9 Å². The van der Waals surface area contributed by atoms with Crippen molar-refractivity contribution in [1.29, 1.82) is 0 Å². The molecule has 2 aliphatic rings. The number of aryl methyl sites for hydroxylation is 1. The molecule has 0 aliphatic carbocycles. The fourth-order valence-corrected chi connectivity index (χ4v) is 6.16. The average Bonchev–Trinajstić information content (AvgIpc) is 3.55. The van der Waals surface area contributed by atoms with Gasteiger partial charge in [-0.1, -0.05) is 24.6 Å². The number of halogens is 5. The molecule has 0 bridgehead atoms. The Labute approximate surface area is 286 Å². The summed E-state index contributed by atoms with van der Waals surface area (Å²) in [4.78, 5) is 52.4. The van der Waals surface area contributed by atoms with Gasteiger partial charge in [0.2, 0.25) is 11.7 Å². The monoisotopic (exact) mass is 718 g/mol. The minimum absolute atomic E-state index is 0.0377. The van der Waals surface area contributed by atoms with Crippen molar-refractivity contribution in [3.05, 3.63) is 80.0 Å². The standard InChI is InChI=1S/C32H31ClF4N8O5/c1-3-22-26(42-8-10-43(11-9-42)29(48)25-27(47)24(34)17(2)15-38-25)30(49)45-31(40-28(41-45)18-6-12-50-13-7-18)44(22)16-23(46)39-21-5-4-19(14-20(21)33)32(35,36)37/h4-6,14-15,47H,3,7-13,16H2,1-2H3,(H,39,46). The van der Waals surface area contributed by atoms with Crippen molar-refractivity contribution in [2.75, 3.05) is 49.6 Å². The van der Waals surface area contributed by atoms with Crippen molar-refractivity contribution in [2.24, 2.45) is 0 Å². The summed E-state index contributed by atoms with van der Waals surface area (Å²) in [5.74, 6) is -2.75. The Morgan fingerprint density at radius 2 is 1.90 bits per heavy atom. The predicted octanol–water partition coefficient (Wildman–Crippen LogP) is 4.08. The fraction of sp³-hybridized carbons (Fsp3) is 0.375. The number of amides is 2. The fourth-order valence-electron chi connectivity index (χ4n) is 5.93. The second-order valence-corrected chi connectivity index (χ2v) is 12.1. The summed E-state index contributed by atoms with van der Waals surface area (Å²) in [6.07, 6.45) is -0.906. The molecule has 1 aromatic carbocycles. The first-order chi connectivity index (χ1) is 23.8. The summed E-state index contributed by atoms with van der Waals surface area (Å²) in [7, 11) is 0. The number of nitrogens with zero attached hydrogens (tertiary/aromatic N) is 7. The molecule has 3 aromatic heterocycles. The Hall–Kier alpha value is -5.03. The van der Waals surface area contributed by atoms with E-state index in [0.29, 0.717) is 31.4 Å². The lowest BCUT2D eigenvalue weighted by atomic mass is 10.1. The molecule has 1 fully saturated rings. The maximum atomic E-state index is 14.3. The van der Waals surface area contributed by atoms with Crippen LogP contribution in [0.5, 0.6) is 5.75 Å².